The molecular formula is C22H32O4. The predicted octanol–water partition coefficient (Wildman–Crippen LogP) is 4.46. The molecule has 2 rings (SSSR count). The van der Waals surface area contributed by atoms with Crippen molar-refractivity contribution in [3.8, 4) is 11.8 Å². The normalized spacial score (nSPS) is 28.9. The van der Waals surface area contributed by atoms with Crippen molar-refractivity contribution < 1.29 is 20.1 Å². The van der Waals surface area contributed by atoms with Gasteiger partial charge in [0.1, 0.15) is 0 Å². The zero-order valence-corrected chi connectivity index (χ0v) is 15.9. The molecule has 26 heavy (non-hydrogen) atoms. The average Bonchev–Trinajstić information content (AvgIpc) is 3.10. The third-order valence-corrected chi connectivity index (χ3v) is 5.72. The molecule has 2 aliphatic rings. The number of carboxylic acids is 1. The van der Waals surface area contributed by atoms with E-state index in [1.165, 1.54) is 5.57 Å². The first-order chi connectivity index (χ1) is 12.4. The van der Waals surface area contributed by atoms with E-state index in [4.69, 9.17) is 5.11 Å². The van der Waals surface area contributed by atoms with E-state index in [2.05, 4.69) is 24.8 Å². The topological polar surface area (TPSA) is 77.8 Å². The molecule has 0 radical (unpaired) electrons. The Hall–Kier alpha value is -1.73. The van der Waals surface area contributed by atoms with Gasteiger partial charge in [-0.15, -0.1) is 11.8 Å². The highest BCUT2D eigenvalue weighted by Crippen LogP contribution is 2.49. The quantitative estimate of drug-likeness (QED) is 0.246. The smallest absolute Gasteiger partial charge is 0.303 e. The Kier molecular flexibility index (Phi) is 7.78. The SMILES string of the molecule is CC#CCC(C)CC=C(O)[C@H]1[C@@H]2CC(CCCCC(=O)O)=C[C@@H]2C[C@@H]1O. The Bertz CT molecular complexity index is 607. The Morgan fingerprint density at radius 3 is 2.85 bits per heavy atom. The molecule has 0 aromatic heterocycles. The fraction of sp³-hybridized carbons (Fsp3) is 0.682. The number of rotatable bonds is 9. The van der Waals surface area contributed by atoms with Gasteiger partial charge in [0.05, 0.1) is 11.9 Å². The molecule has 0 heterocycles. The van der Waals surface area contributed by atoms with E-state index in [-0.39, 0.29) is 18.3 Å². The van der Waals surface area contributed by atoms with Gasteiger partial charge in [-0.05, 0) is 69.3 Å². The fourth-order valence-electron chi connectivity index (χ4n) is 4.34. The molecule has 0 aromatic carbocycles. The van der Waals surface area contributed by atoms with Crippen LogP contribution < -0.4 is 0 Å². The van der Waals surface area contributed by atoms with Crippen LogP contribution in [0.5, 0.6) is 0 Å². The van der Waals surface area contributed by atoms with Crippen molar-refractivity contribution in [3.05, 3.63) is 23.5 Å². The Morgan fingerprint density at radius 1 is 1.38 bits per heavy atom. The maximum absolute atomic E-state index is 10.6. The number of aliphatic carboxylic acids is 1. The summed E-state index contributed by atoms with van der Waals surface area (Å²) in [5, 5.41) is 29.7. The summed E-state index contributed by atoms with van der Waals surface area (Å²) in [6.45, 7) is 3.95. The highest BCUT2D eigenvalue weighted by Gasteiger charge is 2.46. The van der Waals surface area contributed by atoms with Crippen molar-refractivity contribution in [2.45, 2.75) is 71.3 Å². The van der Waals surface area contributed by atoms with Crippen molar-refractivity contribution in [2.24, 2.45) is 23.7 Å². The highest BCUT2D eigenvalue weighted by atomic mass is 16.4. The van der Waals surface area contributed by atoms with Crippen LogP contribution in [0.3, 0.4) is 0 Å². The van der Waals surface area contributed by atoms with E-state index >= 15 is 0 Å². The van der Waals surface area contributed by atoms with Crippen LogP contribution in [0.2, 0.25) is 0 Å². The molecule has 3 N–H and O–H groups in total. The molecule has 1 unspecified atom stereocenters. The summed E-state index contributed by atoms with van der Waals surface area (Å²) in [5.41, 5.74) is 1.36. The molecule has 4 heteroatoms. The fourth-order valence-corrected chi connectivity index (χ4v) is 4.34. The first-order valence-electron chi connectivity index (χ1n) is 9.80. The van der Waals surface area contributed by atoms with Gasteiger partial charge in [-0.1, -0.05) is 18.6 Å². The van der Waals surface area contributed by atoms with Gasteiger partial charge in [-0.25, -0.2) is 0 Å². The number of unbranched alkanes of at least 4 members (excludes halogenated alkanes) is 1. The average molecular weight is 360 g/mol. The van der Waals surface area contributed by atoms with E-state index in [9.17, 15) is 15.0 Å². The van der Waals surface area contributed by atoms with Crippen LogP contribution >= 0.6 is 0 Å². The standard InChI is InChI=1S/C22H32O4/c1-3-4-7-15(2)10-11-19(23)22-18-13-16(8-5-6-9-21(25)26)12-17(18)14-20(22)24/h11-12,15,17-18,20,22-24H,5-10,13-14H2,1-2H3,(H,25,26)/t15?,17-,18-,20+,22-/m1/s1. The number of carbonyl (C=O) groups is 1. The van der Waals surface area contributed by atoms with Gasteiger partial charge in [0.2, 0.25) is 0 Å². The molecule has 1 saturated carbocycles. The molecule has 5 atom stereocenters. The minimum atomic E-state index is -0.736. The third-order valence-electron chi connectivity index (χ3n) is 5.72. The summed E-state index contributed by atoms with van der Waals surface area (Å²) >= 11 is 0. The summed E-state index contributed by atoms with van der Waals surface area (Å²) in [6.07, 6.45) is 9.64. The van der Waals surface area contributed by atoms with Crippen LogP contribution in [0.1, 0.15) is 65.2 Å². The third kappa shape index (κ3) is 5.64. The Balaban J connectivity index is 1.87. The number of fused-ring (bicyclic) bond motifs is 1. The highest BCUT2D eigenvalue weighted by molar-refractivity contribution is 5.66. The molecule has 0 aromatic rings. The van der Waals surface area contributed by atoms with Gasteiger partial charge in [0, 0.05) is 18.8 Å². The molecule has 2 aliphatic carbocycles. The zero-order valence-electron chi connectivity index (χ0n) is 15.9. The Morgan fingerprint density at radius 2 is 2.15 bits per heavy atom. The summed E-state index contributed by atoms with van der Waals surface area (Å²) in [5.74, 6) is 6.41. The molecule has 4 nitrogen and oxygen atoms in total. The number of hydrogen-bond donors (Lipinski definition) is 3. The maximum atomic E-state index is 10.6. The molecule has 144 valence electrons. The molecular weight excluding hydrogens is 328 g/mol. The van der Waals surface area contributed by atoms with Crippen LogP contribution in [0.25, 0.3) is 0 Å². The molecule has 0 bridgehead atoms. The molecule has 0 spiro atoms. The maximum Gasteiger partial charge on any atom is 0.303 e. The lowest BCUT2D eigenvalue weighted by atomic mass is 9.87. The van der Waals surface area contributed by atoms with Crippen LogP contribution in [0.4, 0.5) is 0 Å². The van der Waals surface area contributed by atoms with Crippen LogP contribution in [-0.2, 0) is 4.79 Å². The van der Waals surface area contributed by atoms with E-state index in [1.54, 1.807) is 0 Å². The second-order valence-electron chi connectivity index (χ2n) is 7.89. The lowest BCUT2D eigenvalue weighted by Crippen LogP contribution is -2.22. The van der Waals surface area contributed by atoms with Crippen molar-refractivity contribution >= 4 is 5.97 Å². The molecule has 0 aliphatic heterocycles. The molecule has 1 fully saturated rings. The van der Waals surface area contributed by atoms with Crippen LogP contribution in [0.15, 0.2) is 23.5 Å². The lowest BCUT2D eigenvalue weighted by Gasteiger charge is -2.21. The van der Waals surface area contributed by atoms with E-state index in [1.807, 2.05) is 13.0 Å². The summed E-state index contributed by atoms with van der Waals surface area (Å²) in [4.78, 5) is 10.6. The van der Waals surface area contributed by atoms with Gasteiger partial charge < -0.3 is 15.3 Å². The number of allylic oxidation sites excluding steroid dienone is 3. The number of aliphatic hydroxyl groups excluding tert-OH is 2. The second-order valence-corrected chi connectivity index (χ2v) is 7.89. The van der Waals surface area contributed by atoms with E-state index in [0.29, 0.717) is 30.4 Å². The minimum absolute atomic E-state index is 0.169. The first-order valence-corrected chi connectivity index (χ1v) is 9.80. The van der Waals surface area contributed by atoms with Crippen molar-refractivity contribution in [1.82, 2.24) is 0 Å². The summed E-state index contributed by atoms with van der Waals surface area (Å²) in [6, 6.07) is 0. The van der Waals surface area contributed by atoms with Crippen molar-refractivity contribution in [1.29, 1.82) is 0 Å². The first kappa shape index (κ1) is 20.6. The van der Waals surface area contributed by atoms with Gasteiger partial charge in [-0.2, -0.15) is 0 Å². The van der Waals surface area contributed by atoms with Gasteiger partial charge in [0.25, 0.3) is 0 Å². The largest absolute Gasteiger partial charge is 0.512 e. The summed E-state index contributed by atoms with van der Waals surface area (Å²) < 4.78 is 0. The van der Waals surface area contributed by atoms with E-state index in [0.717, 1.165) is 32.1 Å². The predicted molar refractivity (Wildman–Crippen MR) is 102 cm³/mol. The molecule has 0 amide bonds. The second kappa shape index (κ2) is 9.83. The number of hydrogen-bond acceptors (Lipinski definition) is 3. The monoisotopic (exact) mass is 360 g/mol. The van der Waals surface area contributed by atoms with Gasteiger partial charge >= 0.3 is 5.97 Å². The summed E-state index contributed by atoms with van der Waals surface area (Å²) in [7, 11) is 0. The van der Waals surface area contributed by atoms with E-state index < -0.39 is 12.1 Å². The minimum Gasteiger partial charge on any atom is -0.512 e. The molecule has 0 saturated heterocycles. The van der Waals surface area contributed by atoms with Gasteiger partial charge in [-0.3, -0.25) is 4.79 Å². The van der Waals surface area contributed by atoms with Gasteiger partial charge in [0.15, 0.2) is 0 Å². The lowest BCUT2D eigenvalue weighted by molar-refractivity contribution is -0.137. The Labute approximate surface area is 157 Å². The number of carboxylic acid groups (broad SMARTS) is 1. The van der Waals surface area contributed by atoms with Crippen molar-refractivity contribution in [2.75, 3.05) is 0 Å². The van der Waals surface area contributed by atoms with Crippen LogP contribution in [0, 0.1) is 35.5 Å². The van der Waals surface area contributed by atoms with Crippen molar-refractivity contribution in [3.63, 3.8) is 0 Å². The van der Waals surface area contributed by atoms with Crippen LogP contribution in [-0.4, -0.2) is 27.4 Å². The number of aliphatic hydroxyl groups is 2. The zero-order chi connectivity index (χ0) is 19.1.